The molecule has 0 aliphatic heterocycles. The second kappa shape index (κ2) is 3.51. The van der Waals surface area contributed by atoms with Crippen LogP contribution in [0.4, 0.5) is 0 Å². The molecule has 3 heteroatoms. The molecule has 1 heterocycles. The summed E-state index contributed by atoms with van der Waals surface area (Å²) in [6.45, 7) is 2.04. The molecule has 1 fully saturated rings. The van der Waals surface area contributed by atoms with Crippen LogP contribution in [-0.4, -0.2) is 9.55 Å². The van der Waals surface area contributed by atoms with Crippen LogP contribution in [0.2, 0.25) is 0 Å². The molecule has 0 saturated heterocycles. The molecule has 16 heavy (non-hydrogen) atoms. The molecule has 1 aromatic carbocycles. The van der Waals surface area contributed by atoms with Crippen LogP contribution in [0, 0.1) is 6.92 Å². The third kappa shape index (κ3) is 1.31. The second-order valence-corrected chi connectivity index (χ2v) is 4.71. The first kappa shape index (κ1) is 9.70. The van der Waals surface area contributed by atoms with Crippen molar-refractivity contribution in [1.29, 1.82) is 0 Å². The van der Waals surface area contributed by atoms with Gasteiger partial charge in [-0.15, -0.1) is 0 Å². The standard InChI is InChI=1S/C13H16N2O/c1-9-5-4-8-11-12(9)14-13(16)15(11)10-6-2-3-7-10/h4-5,8,10H,2-3,6-7H2,1H3,(H,14,16). The second-order valence-electron chi connectivity index (χ2n) is 4.71. The molecule has 0 bridgehead atoms. The fourth-order valence-electron chi connectivity index (χ4n) is 2.82. The van der Waals surface area contributed by atoms with Crippen LogP contribution in [0.3, 0.4) is 0 Å². The lowest BCUT2D eigenvalue weighted by atomic mass is 10.2. The topological polar surface area (TPSA) is 37.8 Å². The fourth-order valence-corrected chi connectivity index (χ4v) is 2.82. The van der Waals surface area contributed by atoms with Gasteiger partial charge in [-0.2, -0.15) is 0 Å². The highest BCUT2D eigenvalue weighted by Gasteiger charge is 2.21. The van der Waals surface area contributed by atoms with Gasteiger partial charge in [-0.1, -0.05) is 25.0 Å². The Morgan fingerprint density at radius 3 is 2.81 bits per heavy atom. The molecule has 0 amide bonds. The summed E-state index contributed by atoms with van der Waals surface area (Å²) in [5.74, 6) is 0. The number of aromatic amines is 1. The fraction of sp³-hybridized carbons (Fsp3) is 0.462. The van der Waals surface area contributed by atoms with Gasteiger partial charge in [-0.05, 0) is 31.4 Å². The molecule has 1 aliphatic carbocycles. The van der Waals surface area contributed by atoms with Gasteiger partial charge in [0.25, 0.3) is 0 Å². The van der Waals surface area contributed by atoms with Gasteiger partial charge in [-0.25, -0.2) is 4.79 Å². The molecular formula is C13H16N2O. The molecule has 2 aromatic rings. The molecule has 84 valence electrons. The van der Waals surface area contributed by atoms with E-state index in [0.29, 0.717) is 6.04 Å². The Bertz CT molecular complexity index is 573. The van der Waals surface area contributed by atoms with Gasteiger partial charge < -0.3 is 4.98 Å². The number of nitrogens with zero attached hydrogens (tertiary/aromatic N) is 1. The van der Waals surface area contributed by atoms with Gasteiger partial charge in [0, 0.05) is 6.04 Å². The van der Waals surface area contributed by atoms with Crippen LogP contribution in [0.25, 0.3) is 11.0 Å². The number of fused-ring (bicyclic) bond motifs is 1. The Hall–Kier alpha value is -1.51. The average Bonchev–Trinajstić information content (AvgIpc) is 2.85. The zero-order valence-corrected chi connectivity index (χ0v) is 9.49. The van der Waals surface area contributed by atoms with Gasteiger partial charge in [0.1, 0.15) is 0 Å². The monoisotopic (exact) mass is 216 g/mol. The van der Waals surface area contributed by atoms with Crippen molar-refractivity contribution in [1.82, 2.24) is 9.55 Å². The third-order valence-corrected chi connectivity index (χ3v) is 3.65. The van der Waals surface area contributed by atoms with Gasteiger partial charge in [0.15, 0.2) is 0 Å². The minimum absolute atomic E-state index is 0.0520. The number of H-pyrrole nitrogens is 1. The van der Waals surface area contributed by atoms with E-state index in [9.17, 15) is 4.79 Å². The molecule has 1 aromatic heterocycles. The molecule has 3 nitrogen and oxygen atoms in total. The van der Waals surface area contributed by atoms with E-state index in [0.717, 1.165) is 29.4 Å². The summed E-state index contributed by atoms with van der Waals surface area (Å²) in [6.07, 6.45) is 4.77. The Kier molecular flexibility index (Phi) is 2.13. The predicted molar refractivity (Wildman–Crippen MR) is 64.8 cm³/mol. The zero-order chi connectivity index (χ0) is 11.1. The van der Waals surface area contributed by atoms with Crippen molar-refractivity contribution in [3.05, 3.63) is 34.2 Å². The number of hydrogen-bond donors (Lipinski definition) is 1. The molecule has 0 radical (unpaired) electrons. The predicted octanol–water partition coefficient (Wildman–Crippen LogP) is 2.75. The van der Waals surface area contributed by atoms with Gasteiger partial charge in [0.2, 0.25) is 0 Å². The number of aromatic nitrogens is 2. The smallest absolute Gasteiger partial charge is 0.305 e. The van der Waals surface area contributed by atoms with Crippen LogP contribution in [0.15, 0.2) is 23.0 Å². The van der Waals surface area contributed by atoms with Crippen molar-refractivity contribution in [3.8, 4) is 0 Å². The quantitative estimate of drug-likeness (QED) is 0.782. The first-order chi connectivity index (χ1) is 7.77. The lowest BCUT2D eigenvalue weighted by Gasteiger charge is -2.11. The maximum Gasteiger partial charge on any atom is 0.326 e. The first-order valence-electron chi connectivity index (χ1n) is 5.97. The molecule has 0 atom stereocenters. The molecule has 3 rings (SSSR count). The summed E-state index contributed by atoms with van der Waals surface area (Å²) >= 11 is 0. The van der Waals surface area contributed by atoms with Crippen molar-refractivity contribution in [3.63, 3.8) is 0 Å². The highest BCUT2D eigenvalue weighted by Crippen LogP contribution is 2.30. The van der Waals surface area contributed by atoms with E-state index >= 15 is 0 Å². The highest BCUT2D eigenvalue weighted by atomic mass is 16.1. The van der Waals surface area contributed by atoms with Crippen LogP contribution >= 0.6 is 0 Å². The zero-order valence-electron chi connectivity index (χ0n) is 9.49. The van der Waals surface area contributed by atoms with Crippen LogP contribution in [-0.2, 0) is 0 Å². The van der Waals surface area contributed by atoms with E-state index in [2.05, 4.69) is 4.98 Å². The Labute approximate surface area is 94.1 Å². The minimum Gasteiger partial charge on any atom is -0.305 e. The Morgan fingerprint density at radius 2 is 2.06 bits per heavy atom. The summed E-state index contributed by atoms with van der Waals surface area (Å²) in [6, 6.07) is 6.51. The van der Waals surface area contributed by atoms with Crippen molar-refractivity contribution >= 4 is 11.0 Å². The number of imidazole rings is 1. The van der Waals surface area contributed by atoms with E-state index < -0.39 is 0 Å². The summed E-state index contributed by atoms with van der Waals surface area (Å²) in [7, 11) is 0. The van der Waals surface area contributed by atoms with E-state index in [-0.39, 0.29) is 5.69 Å². The lowest BCUT2D eigenvalue weighted by molar-refractivity contribution is 0.518. The van der Waals surface area contributed by atoms with Crippen LogP contribution < -0.4 is 5.69 Å². The normalized spacial score (nSPS) is 17.3. The first-order valence-corrected chi connectivity index (χ1v) is 5.97. The number of hydrogen-bond acceptors (Lipinski definition) is 1. The van der Waals surface area contributed by atoms with Gasteiger partial charge in [-0.3, -0.25) is 4.57 Å². The van der Waals surface area contributed by atoms with Crippen LogP contribution in [0.5, 0.6) is 0 Å². The van der Waals surface area contributed by atoms with Crippen LogP contribution in [0.1, 0.15) is 37.3 Å². The van der Waals surface area contributed by atoms with E-state index in [1.807, 2.05) is 29.7 Å². The van der Waals surface area contributed by atoms with Crippen molar-refractivity contribution in [2.24, 2.45) is 0 Å². The SMILES string of the molecule is Cc1cccc2c1[nH]c(=O)n2C1CCCC1. The number of para-hydroxylation sites is 1. The van der Waals surface area contributed by atoms with E-state index in [4.69, 9.17) is 0 Å². The summed E-state index contributed by atoms with van der Waals surface area (Å²) in [4.78, 5) is 15.0. The van der Waals surface area contributed by atoms with E-state index in [1.165, 1.54) is 12.8 Å². The largest absolute Gasteiger partial charge is 0.326 e. The third-order valence-electron chi connectivity index (χ3n) is 3.65. The Balaban J connectivity index is 2.27. The maximum absolute atomic E-state index is 12.0. The molecule has 0 unspecified atom stereocenters. The molecule has 1 saturated carbocycles. The number of benzene rings is 1. The summed E-state index contributed by atoms with van der Waals surface area (Å²) in [5.41, 5.74) is 3.26. The van der Waals surface area contributed by atoms with Gasteiger partial charge >= 0.3 is 5.69 Å². The molecule has 0 spiro atoms. The molecule has 1 N–H and O–H groups in total. The summed E-state index contributed by atoms with van der Waals surface area (Å²) in [5, 5.41) is 0. The summed E-state index contributed by atoms with van der Waals surface area (Å²) < 4.78 is 1.95. The average molecular weight is 216 g/mol. The van der Waals surface area contributed by atoms with Crippen molar-refractivity contribution in [2.45, 2.75) is 38.6 Å². The molecule has 1 aliphatic rings. The highest BCUT2D eigenvalue weighted by molar-refractivity contribution is 5.78. The van der Waals surface area contributed by atoms with Crippen molar-refractivity contribution < 1.29 is 0 Å². The minimum atomic E-state index is 0.0520. The number of rotatable bonds is 1. The lowest BCUT2D eigenvalue weighted by Crippen LogP contribution is -2.20. The molecular weight excluding hydrogens is 200 g/mol. The van der Waals surface area contributed by atoms with E-state index in [1.54, 1.807) is 0 Å². The number of nitrogens with one attached hydrogen (secondary N) is 1. The number of aryl methyl sites for hydroxylation is 1. The Morgan fingerprint density at radius 1 is 1.31 bits per heavy atom. The van der Waals surface area contributed by atoms with Crippen molar-refractivity contribution in [2.75, 3.05) is 0 Å². The van der Waals surface area contributed by atoms with Gasteiger partial charge in [0.05, 0.1) is 11.0 Å². The maximum atomic E-state index is 12.0.